The Kier molecular flexibility index (Phi) is 17.1. The summed E-state index contributed by atoms with van der Waals surface area (Å²) in [6.07, 6.45) is 9.45. The van der Waals surface area contributed by atoms with Crippen LogP contribution in [0.15, 0.2) is 17.8 Å². The Morgan fingerprint density at radius 3 is 2.27 bits per heavy atom. The smallest absolute Gasteiger partial charge is 0.308 e. The summed E-state index contributed by atoms with van der Waals surface area (Å²) in [6, 6.07) is -0.631. The van der Waals surface area contributed by atoms with E-state index in [2.05, 4.69) is 25.6 Å². The highest BCUT2D eigenvalue weighted by molar-refractivity contribution is 7.09. The molecule has 1 saturated carbocycles. The highest BCUT2D eigenvalue weighted by Crippen LogP contribution is 2.35. The second-order valence-electron chi connectivity index (χ2n) is 14.3. The highest BCUT2D eigenvalue weighted by atomic mass is 32.1. The van der Waals surface area contributed by atoms with E-state index in [1.54, 1.807) is 36.6 Å². The van der Waals surface area contributed by atoms with Crippen LogP contribution in [-0.2, 0) is 35.1 Å². The molecule has 3 heterocycles. The van der Waals surface area contributed by atoms with Crippen molar-refractivity contribution in [3.8, 4) is 0 Å². The molecule has 1 aliphatic carbocycles. The molecule has 0 spiro atoms. The fraction of sp³-hybridized carbons (Fsp3) is 0.676. The number of thiazole rings is 1. The van der Waals surface area contributed by atoms with Gasteiger partial charge >= 0.3 is 11.9 Å². The Morgan fingerprint density at radius 2 is 1.71 bits per heavy atom. The van der Waals surface area contributed by atoms with Crippen LogP contribution >= 0.6 is 11.3 Å². The van der Waals surface area contributed by atoms with Gasteiger partial charge in [-0.3, -0.25) is 24.0 Å². The molecule has 3 amide bonds. The number of primary amides is 1. The molecule has 1 saturated heterocycles. The van der Waals surface area contributed by atoms with Crippen LogP contribution in [0.3, 0.4) is 0 Å². The molecule has 52 heavy (non-hydrogen) atoms. The van der Waals surface area contributed by atoms with Gasteiger partial charge in [-0.15, -0.1) is 11.3 Å². The molecule has 288 valence electrons. The fourth-order valence-electron chi connectivity index (χ4n) is 6.26. The molecule has 4 rings (SSSR count). The number of nitrogens with one attached hydrogen (secondary N) is 2. The summed E-state index contributed by atoms with van der Waals surface area (Å²) in [5, 5.41) is 8.35. The lowest BCUT2D eigenvalue weighted by Crippen LogP contribution is -2.42. The molecule has 4 atom stereocenters. The quantitative estimate of drug-likeness (QED) is 0.199. The largest absolute Gasteiger partial charge is 0.469 e. The number of carbonyl (C=O) groups excluding carboxylic acids is 5. The van der Waals surface area contributed by atoms with Gasteiger partial charge in [0.15, 0.2) is 6.10 Å². The van der Waals surface area contributed by atoms with Crippen LogP contribution in [0.4, 0.5) is 0 Å². The van der Waals surface area contributed by atoms with E-state index in [1.165, 1.54) is 38.2 Å². The summed E-state index contributed by atoms with van der Waals surface area (Å²) >= 11 is 1.22. The van der Waals surface area contributed by atoms with E-state index in [9.17, 15) is 24.0 Å². The number of piperidine rings is 1. The Morgan fingerprint density at radius 1 is 1.06 bits per heavy atom. The van der Waals surface area contributed by atoms with E-state index in [4.69, 9.17) is 15.2 Å². The molecule has 2 aliphatic rings. The molecule has 1 aliphatic heterocycles. The van der Waals surface area contributed by atoms with Crippen LogP contribution in [0.25, 0.3) is 0 Å². The van der Waals surface area contributed by atoms with Crippen molar-refractivity contribution in [1.82, 2.24) is 30.5 Å². The highest BCUT2D eigenvalue weighted by Gasteiger charge is 2.37. The van der Waals surface area contributed by atoms with Gasteiger partial charge in [0.25, 0.3) is 5.91 Å². The van der Waals surface area contributed by atoms with Crippen LogP contribution < -0.4 is 16.4 Å². The van der Waals surface area contributed by atoms with Gasteiger partial charge in [-0.2, -0.15) is 0 Å². The maximum absolute atomic E-state index is 13.3. The second kappa shape index (κ2) is 20.9. The van der Waals surface area contributed by atoms with Crippen LogP contribution in [-0.4, -0.2) is 88.8 Å². The minimum absolute atomic E-state index is 0.0729. The number of rotatable bonds is 17. The Labute approximate surface area is 311 Å². The molecule has 2 aromatic rings. The normalized spacial score (nSPS) is 16.8. The minimum Gasteiger partial charge on any atom is -0.469 e. The zero-order valence-corrected chi connectivity index (χ0v) is 32.5. The summed E-state index contributed by atoms with van der Waals surface area (Å²) in [5.41, 5.74) is 6.14. The van der Waals surface area contributed by atoms with Gasteiger partial charge in [-0.05, 0) is 75.9 Å². The molecule has 4 N–H and O–H groups in total. The first kappa shape index (κ1) is 42.4. The summed E-state index contributed by atoms with van der Waals surface area (Å²) in [7, 11) is 3.12. The zero-order valence-electron chi connectivity index (χ0n) is 31.7. The average molecular weight is 744 g/mol. The third kappa shape index (κ3) is 14.2. The summed E-state index contributed by atoms with van der Waals surface area (Å²) in [4.78, 5) is 75.6. The van der Waals surface area contributed by atoms with Crippen molar-refractivity contribution in [3.63, 3.8) is 0 Å². The number of hydrogen-bond donors (Lipinski definition) is 3. The van der Waals surface area contributed by atoms with Gasteiger partial charge in [0.1, 0.15) is 16.5 Å². The molecule has 0 aromatic carbocycles. The van der Waals surface area contributed by atoms with Crippen LogP contribution in [0, 0.1) is 30.6 Å². The zero-order chi connectivity index (χ0) is 38.4. The van der Waals surface area contributed by atoms with Crippen LogP contribution in [0.5, 0.6) is 0 Å². The lowest BCUT2D eigenvalue weighted by Gasteiger charge is -2.33. The molecular formula is C37H57N7O7S. The van der Waals surface area contributed by atoms with E-state index in [0.717, 1.165) is 43.8 Å². The molecule has 2 aromatic heterocycles. The number of amides is 3. The van der Waals surface area contributed by atoms with Gasteiger partial charge in [0.2, 0.25) is 11.8 Å². The van der Waals surface area contributed by atoms with E-state index in [0.29, 0.717) is 36.5 Å². The molecule has 2 fully saturated rings. The van der Waals surface area contributed by atoms with Crippen molar-refractivity contribution in [1.29, 1.82) is 0 Å². The Bertz CT molecular complexity index is 1470. The second-order valence-corrected chi connectivity index (χ2v) is 15.2. The van der Waals surface area contributed by atoms with Crippen molar-refractivity contribution >= 4 is 41.0 Å². The van der Waals surface area contributed by atoms with E-state index < -0.39 is 29.9 Å². The molecule has 15 heteroatoms. The summed E-state index contributed by atoms with van der Waals surface area (Å²) < 4.78 is 10.5. The minimum atomic E-state index is -0.711. The predicted molar refractivity (Wildman–Crippen MR) is 197 cm³/mol. The third-order valence-corrected chi connectivity index (χ3v) is 10.4. The maximum atomic E-state index is 13.3. The van der Waals surface area contributed by atoms with E-state index in [-0.39, 0.29) is 41.4 Å². The number of nitrogens with zero attached hydrogens (tertiary/aromatic N) is 4. The fourth-order valence-corrected chi connectivity index (χ4v) is 7.10. The van der Waals surface area contributed by atoms with Crippen LogP contribution in [0.2, 0.25) is 0 Å². The van der Waals surface area contributed by atoms with E-state index >= 15 is 0 Å². The SMILES string of the molecule is COC(=O)C(C)CC(Cc1ncc(C)cn1)NC(=O)c1csc(C(CC(C(C)C)N(C)C(=O)C2CC2)OC(C)=O)n1.NC(=O)CCC1CCNCC1. The van der Waals surface area contributed by atoms with Crippen molar-refractivity contribution in [2.24, 2.45) is 29.4 Å². The first-order chi connectivity index (χ1) is 24.7. The number of hydrogen-bond acceptors (Lipinski definition) is 12. The van der Waals surface area contributed by atoms with Gasteiger partial charge in [0, 0.05) is 69.0 Å². The summed E-state index contributed by atoms with van der Waals surface area (Å²) in [6.45, 7) is 11.2. The van der Waals surface area contributed by atoms with E-state index in [1.807, 2.05) is 20.8 Å². The van der Waals surface area contributed by atoms with Gasteiger partial charge in [-0.1, -0.05) is 20.8 Å². The van der Waals surface area contributed by atoms with Gasteiger partial charge in [-0.25, -0.2) is 15.0 Å². The summed E-state index contributed by atoms with van der Waals surface area (Å²) in [5.74, 6) is -0.334. The molecule has 14 nitrogen and oxygen atoms in total. The Balaban J connectivity index is 0.000000564. The standard InChI is InChI=1S/C29H41N5O6S.C8H16N2O/c1-16(2)23(34(6)28(37)20-8-9-20)12-24(40-19(5)35)27-33-22(15-41-27)26(36)32-21(10-18(4)29(38)39-7)11-25-30-13-17(3)14-31-25;9-8(11)2-1-7-3-5-10-6-4-7/h13-16,18,20-21,23-24H,8-12H2,1-7H3,(H,32,36);7,10H,1-6H2,(H2,9,11). The van der Waals surface area contributed by atoms with Gasteiger partial charge < -0.3 is 30.7 Å². The number of aromatic nitrogens is 3. The predicted octanol–water partition coefficient (Wildman–Crippen LogP) is 3.92. The van der Waals surface area contributed by atoms with Crippen molar-refractivity contribution in [2.45, 2.75) is 111 Å². The molecule has 0 radical (unpaired) electrons. The number of carbonyl (C=O) groups is 5. The molecule has 0 bridgehead atoms. The monoisotopic (exact) mass is 743 g/mol. The maximum Gasteiger partial charge on any atom is 0.308 e. The Hall–Kier alpha value is -3.98. The average Bonchev–Trinajstić information content (AvgIpc) is 3.84. The van der Waals surface area contributed by atoms with Crippen molar-refractivity contribution < 1.29 is 33.4 Å². The van der Waals surface area contributed by atoms with Gasteiger partial charge in [0.05, 0.1) is 13.0 Å². The van der Waals surface area contributed by atoms with Crippen molar-refractivity contribution in [2.75, 3.05) is 27.2 Å². The number of nitrogens with two attached hydrogens (primary N) is 1. The molecule has 4 unspecified atom stereocenters. The first-order valence-electron chi connectivity index (χ1n) is 18.2. The molecular weight excluding hydrogens is 687 g/mol. The topological polar surface area (TPSA) is 196 Å². The lowest BCUT2D eigenvalue weighted by atomic mass is 9.93. The number of methoxy groups -OCH3 is 1. The lowest BCUT2D eigenvalue weighted by molar-refractivity contribution is -0.148. The third-order valence-electron chi connectivity index (χ3n) is 9.43. The van der Waals surface area contributed by atoms with Crippen LogP contribution in [0.1, 0.15) is 112 Å². The number of esters is 2. The van der Waals surface area contributed by atoms with Crippen molar-refractivity contribution in [3.05, 3.63) is 39.9 Å². The first-order valence-corrected chi connectivity index (χ1v) is 19.1. The number of ether oxygens (including phenoxy) is 2. The number of aryl methyl sites for hydroxylation is 1.